The van der Waals surface area contributed by atoms with Gasteiger partial charge in [-0.15, -0.1) is 0 Å². The molecule has 0 saturated carbocycles. The van der Waals surface area contributed by atoms with Gasteiger partial charge in [-0.25, -0.2) is 0 Å². The van der Waals surface area contributed by atoms with Crippen molar-refractivity contribution < 1.29 is 4.92 Å². The highest BCUT2D eigenvalue weighted by atomic mass is 16.6. The Balaban J connectivity index is 1.79. The summed E-state index contributed by atoms with van der Waals surface area (Å²) in [6.45, 7) is 6.17. The zero-order chi connectivity index (χ0) is 14.8. The van der Waals surface area contributed by atoms with Gasteiger partial charge in [0.15, 0.2) is 0 Å². The maximum absolute atomic E-state index is 11.1. The van der Waals surface area contributed by atoms with Crippen molar-refractivity contribution in [2.45, 2.75) is 25.8 Å². The standard InChI is InChI=1S/C15H22N4O2/c1-2-16-12-7-13(9-14(8-12)19(20)21)17-15-10-18-5-3-11(15)4-6-18/h7-9,11,15-17H,2-6,10H2,1H3. The Hall–Kier alpha value is -1.82. The Bertz CT molecular complexity index is 526. The molecule has 3 saturated heterocycles. The van der Waals surface area contributed by atoms with E-state index in [4.69, 9.17) is 0 Å². The van der Waals surface area contributed by atoms with Crippen LogP contribution in [0.5, 0.6) is 0 Å². The fraction of sp³-hybridized carbons (Fsp3) is 0.600. The molecule has 3 heterocycles. The third-order valence-corrected chi connectivity index (χ3v) is 4.52. The SMILES string of the molecule is CCNc1cc(NC2CN3CCC2CC3)cc([N+](=O)[O-])c1. The monoisotopic (exact) mass is 290 g/mol. The van der Waals surface area contributed by atoms with Gasteiger partial charge in [0.1, 0.15) is 0 Å². The summed E-state index contributed by atoms with van der Waals surface area (Å²) in [7, 11) is 0. The van der Waals surface area contributed by atoms with E-state index in [0.717, 1.165) is 24.5 Å². The van der Waals surface area contributed by atoms with Crippen LogP contribution >= 0.6 is 0 Å². The maximum Gasteiger partial charge on any atom is 0.273 e. The minimum Gasteiger partial charge on any atom is -0.385 e. The van der Waals surface area contributed by atoms with Crippen LogP contribution in [0.4, 0.5) is 17.1 Å². The first-order valence-electron chi connectivity index (χ1n) is 7.68. The molecule has 3 aliphatic heterocycles. The molecule has 114 valence electrons. The number of fused-ring (bicyclic) bond motifs is 3. The van der Waals surface area contributed by atoms with Gasteiger partial charge in [0.05, 0.1) is 4.92 Å². The molecule has 1 aromatic rings. The molecule has 6 heteroatoms. The number of anilines is 2. The highest BCUT2D eigenvalue weighted by molar-refractivity contribution is 5.63. The molecular formula is C15H22N4O2. The zero-order valence-electron chi connectivity index (χ0n) is 12.3. The molecule has 21 heavy (non-hydrogen) atoms. The predicted molar refractivity (Wildman–Crippen MR) is 83.8 cm³/mol. The molecule has 3 aliphatic rings. The third kappa shape index (κ3) is 3.10. The fourth-order valence-electron chi connectivity index (χ4n) is 3.45. The molecule has 0 spiro atoms. The minimum absolute atomic E-state index is 0.136. The molecule has 0 aromatic heterocycles. The smallest absolute Gasteiger partial charge is 0.273 e. The second-order valence-electron chi connectivity index (χ2n) is 5.94. The largest absolute Gasteiger partial charge is 0.385 e. The number of hydrogen-bond acceptors (Lipinski definition) is 5. The number of hydrogen-bond donors (Lipinski definition) is 2. The lowest BCUT2D eigenvalue weighted by molar-refractivity contribution is -0.384. The van der Waals surface area contributed by atoms with Crippen LogP contribution in [0, 0.1) is 16.0 Å². The molecule has 2 N–H and O–H groups in total. The molecule has 1 atom stereocenters. The number of benzene rings is 1. The molecule has 0 amide bonds. The van der Waals surface area contributed by atoms with Crippen molar-refractivity contribution in [3.05, 3.63) is 28.3 Å². The van der Waals surface area contributed by atoms with Crippen LogP contribution in [0.3, 0.4) is 0 Å². The highest BCUT2D eigenvalue weighted by Crippen LogP contribution is 2.31. The molecule has 4 rings (SSSR count). The molecular weight excluding hydrogens is 268 g/mol. The van der Waals surface area contributed by atoms with Crippen LogP contribution in [0.2, 0.25) is 0 Å². The average Bonchev–Trinajstić information content (AvgIpc) is 2.48. The predicted octanol–water partition coefficient (Wildman–Crippen LogP) is 2.53. The molecule has 6 nitrogen and oxygen atoms in total. The maximum atomic E-state index is 11.1. The number of nitrogens with zero attached hydrogens (tertiary/aromatic N) is 2. The Kier molecular flexibility index (Phi) is 3.96. The Morgan fingerprint density at radius 1 is 1.29 bits per heavy atom. The van der Waals surface area contributed by atoms with Crippen LogP contribution in [0.25, 0.3) is 0 Å². The van der Waals surface area contributed by atoms with E-state index in [1.807, 2.05) is 13.0 Å². The number of non-ortho nitro benzene ring substituents is 1. The molecule has 3 fully saturated rings. The molecule has 0 aliphatic carbocycles. The molecule has 0 radical (unpaired) electrons. The summed E-state index contributed by atoms with van der Waals surface area (Å²) in [4.78, 5) is 13.2. The topological polar surface area (TPSA) is 70.4 Å². The summed E-state index contributed by atoms with van der Waals surface area (Å²) in [6.07, 6.45) is 2.46. The van der Waals surface area contributed by atoms with Gasteiger partial charge >= 0.3 is 0 Å². The van der Waals surface area contributed by atoms with E-state index in [9.17, 15) is 10.1 Å². The minimum atomic E-state index is -0.331. The number of nitrogens with one attached hydrogen (secondary N) is 2. The zero-order valence-corrected chi connectivity index (χ0v) is 12.3. The Morgan fingerprint density at radius 2 is 2.00 bits per heavy atom. The second-order valence-corrected chi connectivity index (χ2v) is 5.94. The van der Waals surface area contributed by atoms with E-state index < -0.39 is 0 Å². The van der Waals surface area contributed by atoms with Crippen molar-refractivity contribution in [2.75, 3.05) is 36.8 Å². The van der Waals surface area contributed by atoms with Gasteiger partial charge in [-0.05, 0) is 44.8 Å². The van der Waals surface area contributed by atoms with E-state index in [-0.39, 0.29) is 10.6 Å². The molecule has 1 aromatic carbocycles. The van der Waals surface area contributed by atoms with Crippen molar-refractivity contribution >= 4 is 17.1 Å². The Morgan fingerprint density at radius 3 is 2.57 bits per heavy atom. The van der Waals surface area contributed by atoms with Crippen molar-refractivity contribution in [1.29, 1.82) is 0 Å². The van der Waals surface area contributed by atoms with Gasteiger partial charge < -0.3 is 15.5 Å². The van der Waals surface area contributed by atoms with Crippen molar-refractivity contribution in [3.63, 3.8) is 0 Å². The lowest BCUT2D eigenvalue weighted by Crippen LogP contribution is -2.53. The number of rotatable bonds is 5. The van der Waals surface area contributed by atoms with Gasteiger partial charge in [0.25, 0.3) is 5.69 Å². The number of nitro benzene ring substituents is 1. The first-order valence-corrected chi connectivity index (χ1v) is 7.68. The van der Waals surface area contributed by atoms with Crippen molar-refractivity contribution in [1.82, 2.24) is 4.90 Å². The highest BCUT2D eigenvalue weighted by Gasteiger charge is 2.34. The summed E-state index contributed by atoms with van der Waals surface area (Å²) in [5.74, 6) is 0.692. The third-order valence-electron chi connectivity index (χ3n) is 4.52. The van der Waals surface area contributed by atoms with Crippen LogP contribution in [-0.2, 0) is 0 Å². The summed E-state index contributed by atoms with van der Waals surface area (Å²) in [5.41, 5.74) is 1.78. The fourth-order valence-corrected chi connectivity index (χ4v) is 3.45. The van der Waals surface area contributed by atoms with Crippen LogP contribution < -0.4 is 10.6 Å². The van der Waals surface area contributed by atoms with Crippen LogP contribution in [0.1, 0.15) is 19.8 Å². The first kappa shape index (κ1) is 14.1. The quantitative estimate of drug-likeness (QED) is 0.644. The van der Waals surface area contributed by atoms with E-state index in [0.29, 0.717) is 12.0 Å². The average molecular weight is 290 g/mol. The first-order chi connectivity index (χ1) is 10.2. The van der Waals surface area contributed by atoms with Crippen molar-refractivity contribution in [2.24, 2.45) is 5.92 Å². The van der Waals surface area contributed by atoms with Gasteiger partial charge in [0.2, 0.25) is 0 Å². The molecule has 2 bridgehead atoms. The lowest BCUT2D eigenvalue weighted by atomic mass is 9.84. The number of nitro groups is 1. The van der Waals surface area contributed by atoms with Gasteiger partial charge in [0, 0.05) is 42.6 Å². The summed E-state index contributed by atoms with van der Waals surface area (Å²) in [6, 6.07) is 5.60. The van der Waals surface area contributed by atoms with E-state index in [2.05, 4.69) is 15.5 Å². The van der Waals surface area contributed by atoms with E-state index in [1.165, 1.54) is 25.9 Å². The summed E-state index contributed by atoms with van der Waals surface area (Å²) in [5, 5.41) is 17.8. The normalized spacial score (nSPS) is 27.4. The van der Waals surface area contributed by atoms with E-state index in [1.54, 1.807) is 12.1 Å². The number of piperidine rings is 3. The summed E-state index contributed by atoms with van der Waals surface area (Å²) >= 11 is 0. The molecule has 1 unspecified atom stereocenters. The lowest BCUT2D eigenvalue weighted by Gasteiger charge is -2.45. The van der Waals surface area contributed by atoms with Crippen molar-refractivity contribution in [3.8, 4) is 0 Å². The van der Waals surface area contributed by atoms with Crippen LogP contribution in [-0.4, -0.2) is 42.0 Å². The van der Waals surface area contributed by atoms with Gasteiger partial charge in [-0.3, -0.25) is 10.1 Å². The van der Waals surface area contributed by atoms with Gasteiger partial charge in [-0.1, -0.05) is 0 Å². The van der Waals surface area contributed by atoms with Crippen LogP contribution in [0.15, 0.2) is 18.2 Å². The van der Waals surface area contributed by atoms with E-state index >= 15 is 0 Å². The Labute approximate surface area is 124 Å². The second kappa shape index (κ2) is 5.89. The summed E-state index contributed by atoms with van der Waals surface area (Å²) < 4.78 is 0. The van der Waals surface area contributed by atoms with Gasteiger partial charge in [-0.2, -0.15) is 0 Å².